The van der Waals surface area contributed by atoms with E-state index in [9.17, 15) is 14.4 Å². The van der Waals surface area contributed by atoms with E-state index in [1.165, 1.54) is 6.20 Å². The van der Waals surface area contributed by atoms with Crippen LogP contribution >= 0.6 is 11.8 Å². The molecule has 0 bridgehead atoms. The molecule has 3 N–H and O–H groups in total. The number of rotatable bonds is 6. The van der Waals surface area contributed by atoms with Crippen LogP contribution in [0.4, 0.5) is 0 Å². The molecule has 8 heteroatoms. The first-order valence-electron chi connectivity index (χ1n) is 7.84. The molecule has 7 nitrogen and oxygen atoms in total. The number of benzene rings is 1. The Balaban J connectivity index is 1.56. The first-order valence-corrected chi connectivity index (χ1v) is 8.82. The highest BCUT2D eigenvalue weighted by Gasteiger charge is 2.07. The van der Waals surface area contributed by atoms with Crippen molar-refractivity contribution in [1.82, 2.24) is 20.3 Å². The Labute approximate surface area is 152 Å². The number of pyridine rings is 1. The van der Waals surface area contributed by atoms with Gasteiger partial charge in [0.15, 0.2) is 0 Å². The van der Waals surface area contributed by atoms with Crippen LogP contribution in [0.2, 0.25) is 0 Å². The zero-order valence-electron chi connectivity index (χ0n) is 13.7. The van der Waals surface area contributed by atoms with E-state index in [2.05, 4.69) is 20.3 Å². The second-order valence-corrected chi connectivity index (χ2v) is 6.43. The van der Waals surface area contributed by atoms with Gasteiger partial charge < -0.3 is 10.3 Å². The summed E-state index contributed by atoms with van der Waals surface area (Å²) in [5.74, 6) is 0.464. The molecule has 0 saturated heterocycles. The standard InChI is InChI=1S/C18H16N4O3S/c23-16(20-9-14-10-21-18(25)22-17(14)24)13-6-4-12(5-7-13)11-26-15-3-1-2-8-19-15/h1-8,10H,9,11H2,(H,20,23)(H2,21,22,24,25). The summed E-state index contributed by atoms with van der Waals surface area (Å²) in [4.78, 5) is 43.5. The number of aromatic amines is 2. The minimum atomic E-state index is -0.579. The molecule has 26 heavy (non-hydrogen) atoms. The number of nitrogens with zero attached hydrogens (tertiary/aromatic N) is 1. The Morgan fingerprint density at radius 3 is 2.62 bits per heavy atom. The number of nitrogens with one attached hydrogen (secondary N) is 3. The normalized spacial score (nSPS) is 10.5. The number of H-pyrrole nitrogens is 2. The highest BCUT2D eigenvalue weighted by atomic mass is 32.2. The third-order valence-corrected chi connectivity index (χ3v) is 4.59. The topological polar surface area (TPSA) is 108 Å². The molecule has 0 radical (unpaired) electrons. The lowest BCUT2D eigenvalue weighted by Gasteiger charge is -2.06. The Kier molecular flexibility index (Phi) is 5.65. The fourth-order valence-electron chi connectivity index (χ4n) is 2.19. The van der Waals surface area contributed by atoms with E-state index < -0.39 is 11.2 Å². The maximum atomic E-state index is 12.2. The Hall–Kier alpha value is -3.13. The van der Waals surface area contributed by atoms with Gasteiger partial charge in [-0.05, 0) is 29.8 Å². The summed E-state index contributed by atoms with van der Waals surface area (Å²) in [6.45, 7) is 0.0300. The van der Waals surface area contributed by atoms with Gasteiger partial charge in [-0.1, -0.05) is 18.2 Å². The van der Waals surface area contributed by atoms with Gasteiger partial charge in [-0.25, -0.2) is 9.78 Å². The van der Waals surface area contributed by atoms with Gasteiger partial charge in [0.1, 0.15) is 0 Å². The first kappa shape index (κ1) is 17.7. The molecule has 3 aromatic rings. The van der Waals surface area contributed by atoms with Crippen molar-refractivity contribution < 1.29 is 4.79 Å². The number of carbonyl (C=O) groups excluding carboxylic acids is 1. The maximum Gasteiger partial charge on any atom is 0.325 e. The predicted molar refractivity (Wildman–Crippen MR) is 99.1 cm³/mol. The third-order valence-electron chi connectivity index (χ3n) is 3.58. The molecule has 2 heterocycles. The lowest BCUT2D eigenvalue weighted by molar-refractivity contribution is 0.0950. The maximum absolute atomic E-state index is 12.2. The number of hydrogen-bond acceptors (Lipinski definition) is 5. The zero-order chi connectivity index (χ0) is 18.4. The average Bonchev–Trinajstić information content (AvgIpc) is 2.67. The van der Waals surface area contributed by atoms with Crippen molar-refractivity contribution in [3.8, 4) is 0 Å². The molecular weight excluding hydrogens is 352 g/mol. The van der Waals surface area contributed by atoms with Crippen molar-refractivity contribution in [3.63, 3.8) is 0 Å². The highest BCUT2D eigenvalue weighted by Crippen LogP contribution is 2.20. The second-order valence-electron chi connectivity index (χ2n) is 5.43. The van der Waals surface area contributed by atoms with E-state index in [1.807, 2.05) is 30.3 Å². The van der Waals surface area contributed by atoms with Crippen molar-refractivity contribution in [3.05, 3.63) is 92.4 Å². The molecule has 0 atom stereocenters. The lowest BCUT2D eigenvalue weighted by Crippen LogP contribution is -2.30. The van der Waals surface area contributed by atoms with Crippen molar-refractivity contribution in [2.24, 2.45) is 0 Å². The van der Waals surface area contributed by atoms with E-state index in [4.69, 9.17) is 0 Å². The number of hydrogen-bond donors (Lipinski definition) is 3. The summed E-state index contributed by atoms with van der Waals surface area (Å²) in [6, 6.07) is 13.0. The zero-order valence-corrected chi connectivity index (χ0v) is 14.5. The fraction of sp³-hybridized carbons (Fsp3) is 0.111. The predicted octanol–water partition coefficient (Wildman–Crippen LogP) is 1.68. The summed E-state index contributed by atoms with van der Waals surface area (Å²) in [5.41, 5.74) is 0.758. The van der Waals surface area contributed by atoms with Crippen molar-refractivity contribution in [1.29, 1.82) is 0 Å². The van der Waals surface area contributed by atoms with Crippen molar-refractivity contribution >= 4 is 17.7 Å². The smallest absolute Gasteiger partial charge is 0.325 e. The molecule has 132 valence electrons. The Morgan fingerprint density at radius 1 is 1.12 bits per heavy atom. The molecule has 0 spiro atoms. The van der Waals surface area contributed by atoms with E-state index in [1.54, 1.807) is 30.1 Å². The lowest BCUT2D eigenvalue weighted by atomic mass is 10.1. The molecule has 0 aliphatic carbocycles. The molecular formula is C18H16N4O3S. The molecule has 1 aromatic carbocycles. The average molecular weight is 368 g/mol. The molecule has 2 aromatic heterocycles. The summed E-state index contributed by atoms with van der Waals surface area (Å²) in [6.07, 6.45) is 3.04. The Morgan fingerprint density at radius 2 is 1.92 bits per heavy atom. The molecule has 0 aliphatic heterocycles. The minimum Gasteiger partial charge on any atom is -0.348 e. The van der Waals surface area contributed by atoms with Gasteiger partial charge in [0, 0.05) is 30.3 Å². The fourth-order valence-corrected chi connectivity index (χ4v) is 3.01. The summed E-state index contributed by atoms with van der Waals surface area (Å²) in [7, 11) is 0. The van der Waals surface area contributed by atoms with Crippen LogP contribution in [0.1, 0.15) is 21.5 Å². The first-order chi connectivity index (χ1) is 12.6. The molecule has 0 fully saturated rings. The quantitative estimate of drug-likeness (QED) is 0.574. The van der Waals surface area contributed by atoms with Gasteiger partial charge >= 0.3 is 5.69 Å². The molecule has 0 aliphatic rings. The molecule has 0 unspecified atom stereocenters. The number of aromatic nitrogens is 3. The van der Waals surface area contributed by atoms with Crippen LogP contribution < -0.4 is 16.6 Å². The highest BCUT2D eigenvalue weighted by molar-refractivity contribution is 7.98. The number of thioether (sulfide) groups is 1. The molecule has 3 rings (SSSR count). The number of amides is 1. The SMILES string of the molecule is O=C(NCc1c[nH]c(=O)[nH]c1=O)c1ccc(CSc2ccccn2)cc1. The monoisotopic (exact) mass is 368 g/mol. The van der Waals surface area contributed by atoms with Crippen molar-refractivity contribution in [2.45, 2.75) is 17.3 Å². The van der Waals surface area contributed by atoms with E-state index in [0.29, 0.717) is 5.56 Å². The summed E-state index contributed by atoms with van der Waals surface area (Å²) >= 11 is 1.62. The Bertz CT molecular complexity index is 997. The van der Waals surface area contributed by atoms with Gasteiger partial charge in [-0.15, -0.1) is 11.8 Å². The van der Waals surface area contributed by atoms with Crippen LogP contribution in [0, 0.1) is 0 Å². The van der Waals surface area contributed by atoms with Gasteiger partial charge in [-0.2, -0.15) is 0 Å². The van der Waals surface area contributed by atoms with Crippen LogP contribution in [0.5, 0.6) is 0 Å². The van der Waals surface area contributed by atoms with Gasteiger partial charge in [0.05, 0.1) is 10.6 Å². The van der Waals surface area contributed by atoms with Crippen LogP contribution in [0.3, 0.4) is 0 Å². The van der Waals surface area contributed by atoms with Crippen molar-refractivity contribution in [2.75, 3.05) is 0 Å². The number of carbonyl (C=O) groups is 1. The van der Waals surface area contributed by atoms with E-state index in [-0.39, 0.29) is 18.0 Å². The van der Waals surface area contributed by atoms with E-state index >= 15 is 0 Å². The third kappa shape index (κ3) is 4.70. The largest absolute Gasteiger partial charge is 0.348 e. The second kappa shape index (κ2) is 8.30. The van der Waals surface area contributed by atoms with Gasteiger partial charge in [-0.3, -0.25) is 14.6 Å². The van der Waals surface area contributed by atoms with E-state index in [0.717, 1.165) is 16.3 Å². The van der Waals surface area contributed by atoms with Crippen LogP contribution in [0.15, 0.2) is 69.5 Å². The van der Waals surface area contributed by atoms with Gasteiger partial charge in [0.2, 0.25) is 0 Å². The molecule has 0 saturated carbocycles. The molecule has 1 amide bonds. The van der Waals surface area contributed by atoms with Gasteiger partial charge in [0.25, 0.3) is 11.5 Å². The summed E-state index contributed by atoms with van der Waals surface area (Å²) < 4.78 is 0. The minimum absolute atomic E-state index is 0.0300. The van der Waals surface area contributed by atoms with Crippen LogP contribution in [-0.2, 0) is 12.3 Å². The van der Waals surface area contributed by atoms with Crippen LogP contribution in [-0.4, -0.2) is 20.9 Å². The summed E-state index contributed by atoms with van der Waals surface area (Å²) in [5, 5.41) is 3.60. The van der Waals surface area contributed by atoms with Crippen LogP contribution in [0.25, 0.3) is 0 Å².